The average Bonchev–Trinajstić information content (AvgIpc) is 2.96. The number of carbonyl (C=O) groups is 1. The quantitative estimate of drug-likeness (QED) is 0.796. The summed E-state index contributed by atoms with van der Waals surface area (Å²) < 4.78 is 2.06. The van der Waals surface area contributed by atoms with Crippen LogP contribution in [0.3, 0.4) is 0 Å². The van der Waals surface area contributed by atoms with Gasteiger partial charge in [0.15, 0.2) is 0 Å². The van der Waals surface area contributed by atoms with E-state index in [2.05, 4.69) is 14.5 Å². The van der Waals surface area contributed by atoms with Crippen molar-refractivity contribution in [1.82, 2.24) is 14.5 Å². The van der Waals surface area contributed by atoms with Crippen LogP contribution in [0.5, 0.6) is 0 Å². The highest BCUT2D eigenvalue weighted by Gasteiger charge is 2.11. The van der Waals surface area contributed by atoms with Gasteiger partial charge < -0.3 is 9.67 Å². The van der Waals surface area contributed by atoms with Crippen LogP contribution in [0.15, 0.2) is 30.6 Å². The average molecular weight is 273 g/mol. The highest BCUT2D eigenvalue weighted by molar-refractivity contribution is 7.13. The SMILES string of the molecule is Cc1nc2cnccc2n1Cc1ccc(C(=O)O)s1. The summed E-state index contributed by atoms with van der Waals surface area (Å²) >= 11 is 1.29. The van der Waals surface area contributed by atoms with Crippen molar-refractivity contribution < 1.29 is 9.90 Å². The lowest BCUT2D eigenvalue weighted by Crippen LogP contribution is -2.00. The zero-order valence-electron chi connectivity index (χ0n) is 10.2. The molecule has 0 fully saturated rings. The molecule has 1 N–H and O–H groups in total. The minimum absolute atomic E-state index is 0.360. The van der Waals surface area contributed by atoms with E-state index in [-0.39, 0.29) is 0 Å². The van der Waals surface area contributed by atoms with E-state index in [9.17, 15) is 4.79 Å². The molecule has 0 bridgehead atoms. The summed E-state index contributed by atoms with van der Waals surface area (Å²) in [5, 5.41) is 8.93. The number of rotatable bonds is 3. The summed E-state index contributed by atoms with van der Waals surface area (Å²) in [4.78, 5) is 20.7. The Morgan fingerprint density at radius 2 is 2.26 bits per heavy atom. The second kappa shape index (κ2) is 4.47. The molecule has 0 aliphatic rings. The highest BCUT2D eigenvalue weighted by atomic mass is 32.1. The molecule has 3 heterocycles. The summed E-state index contributed by atoms with van der Waals surface area (Å²) in [6.07, 6.45) is 3.47. The Hall–Kier alpha value is -2.21. The van der Waals surface area contributed by atoms with E-state index < -0.39 is 5.97 Å². The number of fused-ring (bicyclic) bond motifs is 1. The monoisotopic (exact) mass is 273 g/mol. The molecule has 0 spiro atoms. The number of nitrogens with zero attached hydrogens (tertiary/aromatic N) is 3. The van der Waals surface area contributed by atoms with Crippen LogP contribution in [0.25, 0.3) is 11.0 Å². The molecule has 0 aliphatic carbocycles. The minimum Gasteiger partial charge on any atom is -0.477 e. The predicted molar refractivity (Wildman–Crippen MR) is 72.6 cm³/mol. The van der Waals surface area contributed by atoms with Gasteiger partial charge in [0.25, 0.3) is 0 Å². The molecule has 0 aliphatic heterocycles. The Labute approximate surface area is 113 Å². The molecule has 0 aromatic carbocycles. The van der Waals surface area contributed by atoms with Crippen molar-refractivity contribution in [3.8, 4) is 0 Å². The van der Waals surface area contributed by atoms with Crippen molar-refractivity contribution in [2.24, 2.45) is 0 Å². The minimum atomic E-state index is -0.882. The van der Waals surface area contributed by atoms with Gasteiger partial charge in [-0.1, -0.05) is 0 Å². The van der Waals surface area contributed by atoms with E-state index in [0.717, 1.165) is 21.7 Å². The topological polar surface area (TPSA) is 68.0 Å². The fourth-order valence-electron chi connectivity index (χ4n) is 2.04. The lowest BCUT2D eigenvalue weighted by atomic mass is 10.4. The molecule has 3 aromatic rings. The van der Waals surface area contributed by atoms with E-state index >= 15 is 0 Å². The standard InChI is InChI=1S/C13H11N3O2S/c1-8-15-10-6-14-5-4-11(10)16(8)7-9-2-3-12(19-9)13(17)18/h2-6H,7H2,1H3,(H,17,18). The maximum Gasteiger partial charge on any atom is 0.345 e. The van der Waals surface area contributed by atoms with Crippen molar-refractivity contribution in [2.75, 3.05) is 0 Å². The molecule has 0 unspecified atom stereocenters. The number of aromatic nitrogens is 3. The second-order valence-electron chi connectivity index (χ2n) is 4.18. The van der Waals surface area contributed by atoms with Gasteiger partial charge in [-0.2, -0.15) is 0 Å². The van der Waals surface area contributed by atoms with E-state index in [0.29, 0.717) is 11.4 Å². The van der Waals surface area contributed by atoms with E-state index in [4.69, 9.17) is 5.11 Å². The molecular formula is C13H11N3O2S. The number of carboxylic acid groups (broad SMARTS) is 1. The van der Waals surface area contributed by atoms with Crippen LogP contribution < -0.4 is 0 Å². The number of imidazole rings is 1. The first-order chi connectivity index (χ1) is 9.15. The molecule has 0 saturated carbocycles. The third kappa shape index (κ3) is 2.10. The summed E-state index contributed by atoms with van der Waals surface area (Å²) in [6.45, 7) is 2.57. The van der Waals surface area contributed by atoms with Gasteiger partial charge in [0.2, 0.25) is 0 Å². The van der Waals surface area contributed by atoms with E-state index in [1.165, 1.54) is 11.3 Å². The summed E-state index contributed by atoms with van der Waals surface area (Å²) in [6, 6.07) is 5.40. The smallest absolute Gasteiger partial charge is 0.345 e. The van der Waals surface area contributed by atoms with Crippen molar-refractivity contribution >= 4 is 28.3 Å². The van der Waals surface area contributed by atoms with Gasteiger partial charge in [-0.3, -0.25) is 4.98 Å². The molecule has 0 radical (unpaired) electrons. The van der Waals surface area contributed by atoms with Crippen molar-refractivity contribution in [1.29, 1.82) is 0 Å². The number of pyridine rings is 1. The molecule has 0 atom stereocenters. The number of hydrogen-bond donors (Lipinski definition) is 1. The van der Waals surface area contributed by atoms with Crippen LogP contribution in [-0.2, 0) is 6.54 Å². The van der Waals surface area contributed by atoms with Crippen LogP contribution in [-0.4, -0.2) is 25.6 Å². The third-order valence-corrected chi connectivity index (χ3v) is 3.99. The molecule has 96 valence electrons. The zero-order chi connectivity index (χ0) is 13.4. The largest absolute Gasteiger partial charge is 0.477 e. The molecule has 19 heavy (non-hydrogen) atoms. The Kier molecular flexibility index (Phi) is 2.79. The lowest BCUT2D eigenvalue weighted by molar-refractivity contribution is 0.0702. The van der Waals surface area contributed by atoms with Crippen molar-refractivity contribution in [3.63, 3.8) is 0 Å². The molecule has 3 rings (SSSR count). The summed E-state index contributed by atoms with van der Waals surface area (Å²) in [7, 11) is 0. The van der Waals surface area contributed by atoms with Gasteiger partial charge in [0.05, 0.1) is 18.3 Å². The highest BCUT2D eigenvalue weighted by Crippen LogP contribution is 2.21. The second-order valence-corrected chi connectivity index (χ2v) is 5.35. The fourth-order valence-corrected chi connectivity index (χ4v) is 2.87. The number of aryl methyl sites for hydroxylation is 1. The Balaban J connectivity index is 2.00. The van der Waals surface area contributed by atoms with E-state index in [1.54, 1.807) is 18.5 Å². The number of hydrogen-bond acceptors (Lipinski definition) is 4. The normalized spacial score (nSPS) is 11.0. The van der Waals surface area contributed by atoms with Crippen LogP contribution in [0.2, 0.25) is 0 Å². The first-order valence-electron chi connectivity index (χ1n) is 5.74. The van der Waals surface area contributed by atoms with E-state index in [1.807, 2.05) is 19.1 Å². The third-order valence-electron chi connectivity index (χ3n) is 2.93. The van der Waals surface area contributed by atoms with Crippen molar-refractivity contribution in [2.45, 2.75) is 13.5 Å². The van der Waals surface area contributed by atoms with Crippen LogP contribution in [0.4, 0.5) is 0 Å². The number of aromatic carboxylic acids is 1. The van der Waals surface area contributed by atoms with Gasteiger partial charge in [0, 0.05) is 11.1 Å². The van der Waals surface area contributed by atoms with Gasteiger partial charge in [-0.25, -0.2) is 9.78 Å². The van der Waals surface area contributed by atoms with Gasteiger partial charge in [-0.05, 0) is 25.1 Å². The Morgan fingerprint density at radius 1 is 1.42 bits per heavy atom. The Bertz CT molecular complexity index is 760. The first-order valence-corrected chi connectivity index (χ1v) is 6.55. The molecule has 6 heteroatoms. The van der Waals surface area contributed by atoms with Gasteiger partial charge >= 0.3 is 5.97 Å². The molecule has 5 nitrogen and oxygen atoms in total. The molecule has 0 saturated heterocycles. The maximum absolute atomic E-state index is 10.9. The summed E-state index contributed by atoms with van der Waals surface area (Å²) in [5.74, 6) is 0.0148. The molecule has 0 amide bonds. The zero-order valence-corrected chi connectivity index (χ0v) is 11.0. The molecular weight excluding hydrogens is 262 g/mol. The van der Waals surface area contributed by atoms with Gasteiger partial charge in [-0.15, -0.1) is 11.3 Å². The van der Waals surface area contributed by atoms with Gasteiger partial charge in [0.1, 0.15) is 16.2 Å². The van der Waals surface area contributed by atoms with Crippen molar-refractivity contribution in [3.05, 3.63) is 46.2 Å². The fraction of sp³-hybridized carbons (Fsp3) is 0.154. The van der Waals surface area contributed by atoms with Crippen LogP contribution in [0, 0.1) is 6.92 Å². The predicted octanol–water partition coefficient (Wildman–Crippen LogP) is 2.55. The van der Waals surface area contributed by atoms with Crippen LogP contribution >= 0.6 is 11.3 Å². The first kappa shape index (κ1) is 11.9. The maximum atomic E-state index is 10.9. The summed E-state index contributed by atoms with van der Waals surface area (Å²) in [5.41, 5.74) is 1.87. The Morgan fingerprint density at radius 3 is 3.00 bits per heavy atom. The number of thiophene rings is 1. The van der Waals surface area contributed by atoms with Crippen LogP contribution in [0.1, 0.15) is 20.4 Å². The molecule has 3 aromatic heterocycles. The lowest BCUT2D eigenvalue weighted by Gasteiger charge is -2.04. The number of carboxylic acids is 1.